The zero-order valence-electron chi connectivity index (χ0n) is 12.3. The summed E-state index contributed by atoms with van der Waals surface area (Å²) in [5.74, 6) is 1.85. The maximum Gasteiger partial charge on any atom is 0.228 e. The van der Waals surface area contributed by atoms with E-state index >= 15 is 0 Å². The van der Waals surface area contributed by atoms with Crippen LogP contribution in [0.3, 0.4) is 0 Å². The molecule has 0 aliphatic rings. The number of halogens is 1. The lowest BCUT2D eigenvalue weighted by Crippen LogP contribution is -2.32. The van der Waals surface area contributed by atoms with Crippen LogP contribution < -0.4 is 5.32 Å². The molecule has 1 aromatic carbocycles. The Bertz CT molecular complexity index is 580. The Morgan fingerprint density at radius 2 is 2.10 bits per heavy atom. The molecule has 1 N–H and O–H groups in total. The van der Waals surface area contributed by atoms with Crippen molar-refractivity contribution in [2.24, 2.45) is 5.92 Å². The molecule has 0 spiro atoms. The molecule has 0 saturated carbocycles. The summed E-state index contributed by atoms with van der Waals surface area (Å²) in [5.41, 5.74) is 2.13. The van der Waals surface area contributed by atoms with Crippen LogP contribution >= 0.6 is 15.9 Å². The molecule has 0 amide bonds. The maximum atomic E-state index is 5.37. The molecule has 1 aromatic heterocycles. The number of rotatable bonds is 5. The molecule has 1 heterocycles. The van der Waals surface area contributed by atoms with Crippen molar-refractivity contribution in [3.05, 3.63) is 34.1 Å². The third kappa shape index (κ3) is 3.46. The van der Waals surface area contributed by atoms with Gasteiger partial charge in [0.15, 0.2) is 0 Å². The zero-order chi connectivity index (χ0) is 14.7. The largest absolute Gasteiger partial charge is 0.339 e. The van der Waals surface area contributed by atoms with Gasteiger partial charge in [-0.05, 0) is 43.7 Å². The van der Waals surface area contributed by atoms with E-state index in [-0.39, 0.29) is 0 Å². The molecular formula is C15H20BrN3O. The third-order valence-corrected chi connectivity index (χ3v) is 3.96. The smallest absolute Gasteiger partial charge is 0.228 e. The minimum absolute atomic E-state index is 0.342. The van der Waals surface area contributed by atoms with E-state index in [1.165, 1.54) is 0 Å². The van der Waals surface area contributed by atoms with Crippen molar-refractivity contribution in [1.29, 1.82) is 0 Å². The van der Waals surface area contributed by atoms with Gasteiger partial charge in [0, 0.05) is 22.5 Å². The fourth-order valence-corrected chi connectivity index (χ4v) is 2.66. The number of aryl methyl sites for hydroxylation is 1. The molecule has 1 unspecified atom stereocenters. The van der Waals surface area contributed by atoms with Crippen molar-refractivity contribution in [2.45, 2.75) is 33.2 Å². The number of nitrogens with zero attached hydrogens (tertiary/aromatic N) is 2. The molecule has 1 atom stereocenters. The summed E-state index contributed by atoms with van der Waals surface area (Å²) in [4.78, 5) is 4.51. The first-order chi connectivity index (χ1) is 9.51. The molecule has 2 rings (SSSR count). The van der Waals surface area contributed by atoms with Crippen molar-refractivity contribution in [3.8, 4) is 11.4 Å². The van der Waals surface area contributed by atoms with E-state index in [0.29, 0.717) is 23.7 Å². The van der Waals surface area contributed by atoms with Gasteiger partial charge in [-0.1, -0.05) is 34.9 Å². The summed E-state index contributed by atoms with van der Waals surface area (Å²) in [5, 5.41) is 7.38. The standard InChI is InChI=1S/C15H20BrN3O/c1-9(2)13(17-4)8-14-18-15(19-20-14)12-6-5-11(16)7-10(12)3/h5-7,9,13,17H,8H2,1-4H3. The normalized spacial score (nSPS) is 12.9. The average Bonchev–Trinajstić information content (AvgIpc) is 2.83. The van der Waals surface area contributed by atoms with Gasteiger partial charge in [0.25, 0.3) is 0 Å². The summed E-state index contributed by atoms with van der Waals surface area (Å²) < 4.78 is 6.43. The number of likely N-dealkylation sites (N-methyl/N-ethyl adjacent to an activating group) is 1. The lowest BCUT2D eigenvalue weighted by Gasteiger charge is -2.17. The van der Waals surface area contributed by atoms with E-state index in [4.69, 9.17) is 4.52 Å². The second-order valence-electron chi connectivity index (χ2n) is 5.31. The van der Waals surface area contributed by atoms with Gasteiger partial charge in [-0.2, -0.15) is 4.98 Å². The lowest BCUT2D eigenvalue weighted by molar-refractivity contribution is 0.335. The van der Waals surface area contributed by atoms with Gasteiger partial charge in [-0.15, -0.1) is 0 Å². The molecule has 20 heavy (non-hydrogen) atoms. The Balaban J connectivity index is 2.20. The number of hydrogen-bond acceptors (Lipinski definition) is 4. The summed E-state index contributed by atoms with van der Waals surface area (Å²) in [7, 11) is 1.96. The first-order valence-corrected chi connectivity index (χ1v) is 7.57. The summed E-state index contributed by atoms with van der Waals surface area (Å²) >= 11 is 3.46. The highest BCUT2D eigenvalue weighted by Crippen LogP contribution is 2.24. The Kier molecular flexibility index (Phi) is 4.94. The van der Waals surface area contributed by atoms with Crippen LogP contribution in [0.25, 0.3) is 11.4 Å². The molecule has 0 aliphatic heterocycles. The molecule has 0 bridgehead atoms. The maximum absolute atomic E-state index is 5.37. The highest BCUT2D eigenvalue weighted by atomic mass is 79.9. The minimum Gasteiger partial charge on any atom is -0.339 e. The number of hydrogen-bond donors (Lipinski definition) is 1. The van der Waals surface area contributed by atoms with Crippen LogP contribution in [0.15, 0.2) is 27.2 Å². The number of aromatic nitrogens is 2. The summed E-state index contributed by atoms with van der Waals surface area (Å²) in [6, 6.07) is 6.39. The van der Waals surface area contributed by atoms with Crippen LogP contribution in [0, 0.1) is 12.8 Å². The van der Waals surface area contributed by atoms with E-state index in [1.54, 1.807) is 0 Å². The van der Waals surface area contributed by atoms with Gasteiger partial charge in [0.1, 0.15) is 0 Å². The highest BCUT2D eigenvalue weighted by molar-refractivity contribution is 9.10. The average molecular weight is 338 g/mol. The van der Waals surface area contributed by atoms with E-state index in [0.717, 1.165) is 22.0 Å². The molecule has 0 saturated heterocycles. The van der Waals surface area contributed by atoms with Gasteiger partial charge >= 0.3 is 0 Å². The summed E-state index contributed by atoms with van der Waals surface area (Å²) in [6.07, 6.45) is 0.747. The SMILES string of the molecule is CNC(Cc1nc(-c2ccc(Br)cc2C)no1)C(C)C. The summed E-state index contributed by atoms with van der Waals surface area (Å²) in [6.45, 7) is 6.40. The third-order valence-electron chi connectivity index (χ3n) is 3.47. The fourth-order valence-electron chi connectivity index (χ4n) is 2.18. The first-order valence-electron chi connectivity index (χ1n) is 6.77. The second-order valence-corrected chi connectivity index (χ2v) is 6.23. The predicted molar refractivity (Wildman–Crippen MR) is 83.6 cm³/mol. The quantitative estimate of drug-likeness (QED) is 0.905. The van der Waals surface area contributed by atoms with Crippen molar-refractivity contribution in [1.82, 2.24) is 15.5 Å². The highest BCUT2D eigenvalue weighted by Gasteiger charge is 2.17. The van der Waals surface area contributed by atoms with Gasteiger partial charge in [-0.25, -0.2) is 0 Å². The molecule has 0 fully saturated rings. The Labute approximate surface area is 128 Å². The molecule has 2 aromatic rings. The monoisotopic (exact) mass is 337 g/mol. The molecule has 108 valence electrons. The lowest BCUT2D eigenvalue weighted by atomic mass is 10.0. The van der Waals surface area contributed by atoms with Crippen LogP contribution in [0.1, 0.15) is 25.3 Å². The number of nitrogens with one attached hydrogen (secondary N) is 1. The molecule has 0 aliphatic carbocycles. The van der Waals surface area contributed by atoms with Crippen LogP contribution in [-0.4, -0.2) is 23.2 Å². The van der Waals surface area contributed by atoms with Crippen LogP contribution in [0.4, 0.5) is 0 Å². The molecular weight excluding hydrogens is 318 g/mol. The van der Waals surface area contributed by atoms with Gasteiger partial charge in [0.05, 0.1) is 0 Å². The Morgan fingerprint density at radius 1 is 1.35 bits per heavy atom. The second kappa shape index (κ2) is 6.50. The minimum atomic E-state index is 0.342. The van der Waals surface area contributed by atoms with Gasteiger partial charge < -0.3 is 9.84 Å². The first kappa shape index (κ1) is 15.2. The Hall–Kier alpha value is -1.20. The van der Waals surface area contributed by atoms with Crippen LogP contribution in [0.2, 0.25) is 0 Å². The van der Waals surface area contributed by atoms with E-state index < -0.39 is 0 Å². The van der Waals surface area contributed by atoms with Gasteiger partial charge in [-0.3, -0.25) is 0 Å². The van der Waals surface area contributed by atoms with Crippen molar-refractivity contribution >= 4 is 15.9 Å². The van der Waals surface area contributed by atoms with Crippen molar-refractivity contribution in [2.75, 3.05) is 7.05 Å². The van der Waals surface area contributed by atoms with E-state index in [2.05, 4.69) is 51.3 Å². The fraction of sp³-hybridized carbons (Fsp3) is 0.467. The zero-order valence-corrected chi connectivity index (χ0v) is 13.9. The van der Waals surface area contributed by atoms with Gasteiger partial charge in [0.2, 0.25) is 11.7 Å². The topological polar surface area (TPSA) is 51.0 Å². The number of benzene rings is 1. The van der Waals surface area contributed by atoms with Crippen molar-refractivity contribution < 1.29 is 4.52 Å². The van der Waals surface area contributed by atoms with E-state index in [1.807, 2.05) is 26.1 Å². The van der Waals surface area contributed by atoms with Crippen molar-refractivity contribution in [3.63, 3.8) is 0 Å². The Morgan fingerprint density at radius 3 is 2.70 bits per heavy atom. The predicted octanol–water partition coefficient (Wildman–Crippen LogP) is 3.59. The van der Waals surface area contributed by atoms with Crippen LogP contribution in [-0.2, 0) is 6.42 Å². The molecule has 4 nitrogen and oxygen atoms in total. The van der Waals surface area contributed by atoms with E-state index in [9.17, 15) is 0 Å². The molecule has 5 heteroatoms. The molecule has 0 radical (unpaired) electrons. The van der Waals surface area contributed by atoms with Crippen LogP contribution in [0.5, 0.6) is 0 Å².